The molecule has 0 spiro atoms. The lowest BCUT2D eigenvalue weighted by Gasteiger charge is -2.24. The quantitative estimate of drug-likeness (QED) is 0.559. The van der Waals surface area contributed by atoms with Crippen LogP contribution in [-0.4, -0.2) is 37.4 Å². The summed E-state index contributed by atoms with van der Waals surface area (Å²) < 4.78 is 5.11. The lowest BCUT2D eigenvalue weighted by molar-refractivity contribution is -0.129. The van der Waals surface area contributed by atoms with Crippen LogP contribution in [0.4, 0.5) is 0 Å². The molecule has 0 unspecified atom stereocenters. The average Bonchev–Trinajstić information content (AvgIpc) is 2.42. The molecule has 0 radical (unpaired) electrons. The molecule has 5 nitrogen and oxygen atoms in total. The standard InChI is InChI=1S/C14H26N2O3/c1-3-6-14(12-15,7-4-2)13(18)16-8-5-10-19-11-9-17/h17H,3-11H2,1-2H3,(H,16,18). The van der Waals surface area contributed by atoms with Crippen LogP contribution in [0.25, 0.3) is 0 Å². The van der Waals surface area contributed by atoms with E-state index < -0.39 is 5.41 Å². The van der Waals surface area contributed by atoms with Crippen LogP contribution in [-0.2, 0) is 9.53 Å². The minimum Gasteiger partial charge on any atom is -0.394 e. The molecule has 0 aromatic rings. The number of hydrogen-bond donors (Lipinski definition) is 2. The van der Waals surface area contributed by atoms with Gasteiger partial charge in [0.05, 0.1) is 19.3 Å². The van der Waals surface area contributed by atoms with Gasteiger partial charge in [0.25, 0.3) is 0 Å². The second-order valence-corrected chi connectivity index (χ2v) is 4.64. The van der Waals surface area contributed by atoms with Gasteiger partial charge < -0.3 is 15.2 Å². The van der Waals surface area contributed by atoms with E-state index in [0.717, 1.165) is 12.8 Å². The molecule has 5 heteroatoms. The van der Waals surface area contributed by atoms with Crippen molar-refractivity contribution in [3.8, 4) is 6.07 Å². The molecule has 0 fully saturated rings. The summed E-state index contributed by atoms with van der Waals surface area (Å²) in [6, 6.07) is 2.20. The molecule has 0 saturated heterocycles. The van der Waals surface area contributed by atoms with E-state index in [9.17, 15) is 10.1 Å². The minimum absolute atomic E-state index is 0.0108. The predicted molar refractivity (Wildman–Crippen MR) is 73.4 cm³/mol. The summed E-state index contributed by atoms with van der Waals surface area (Å²) in [5.74, 6) is -0.166. The highest BCUT2D eigenvalue weighted by molar-refractivity contribution is 5.85. The van der Waals surface area contributed by atoms with E-state index in [2.05, 4.69) is 11.4 Å². The average molecular weight is 270 g/mol. The van der Waals surface area contributed by atoms with E-state index in [-0.39, 0.29) is 12.5 Å². The zero-order valence-electron chi connectivity index (χ0n) is 12.1. The maximum Gasteiger partial charge on any atom is 0.240 e. The van der Waals surface area contributed by atoms with Crippen LogP contribution in [0, 0.1) is 16.7 Å². The van der Waals surface area contributed by atoms with Crippen LogP contribution in [0.15, 0.2) is 0 Å². The Kier molecular flexibility index (Phi) is 10.1. The van der Waals surface area contributed by atoms with Crippen molar-refractivity contribution >= 4 is 5.91 Å². The van der Waals surface area contributed by atoms with Crippen LogP contribution >= 0.6 is 0 Å². The van der Waals surface area contributed by atoms with Crippen LogP contribution in [0.1, 0.15) is 46.0 Å². The fraction of sp³-hybridized carbons (Fsp3) is 0.857. The molecular weight excluding hydrogens is 244 g/mol. The molecule has 2 N–H and O–H groups in total. The summed E-state index contributed by atoms with van der Waals surface area (Å²) in [5.41, 5.74) is -0.880. The largest absolute Gasteiger partial charge is 0.394 e. The topological polar surface area (TPSA) is 82.4 Å². The Balaban J connectivity index is 4.15. The molecule has 0 rings (SSSR count). The van der Waals surface area contributed by atoms with Crippen LogP contribution in [0.3, 0.4) is 0 Å². The number of hydrogen-bond acceptors (Lipinski definition) is 4. The van der Waals surface area contributed by atoms with Crippen molar-refractivity contribution in [3.05, 3.63) is 0 Å². The number of aliphatic hydroxyl groups excluding tert-OH is 1. The fourth-order valence-electron chi connectivity index (χ4n) is 2.08. The fourth-order valence-corrected chi connectivity index (χ4v) is 2.08. The molecule has 1 amide bonds. The number of amides is 1. The maximum atomic E-state index is 12.2. The maximum absolute atomic E-state index is 12.2. The molecule has 0 saturated carbocycles. The Morgan fingerprint density at radius 1 is 1.32 bits per heavy atom. The van der Waals surface area contributed by atoms with Crippen molar-refractivity contribution in [1.29, 1.82) is 5.26 Å². The predicted octanol–water partition coefficient (Wildman–Crippen LogP) is 1.61. The third kappa shape index (κ3) is 6.55. The van der Waals surface area contributed by atoms with E-state index in [1.807, 2.05) is 13.8 Å². The highest BCUT2D eigenvalue weighted by Gasteiger charge is 2.36. The molecule has 0 aliphatic rings. The normalized spacial score (nSPS) is 11.1. The van der Waals surface area contributed by atoms with Gasteiger partial charge in [0, 0.05) is 13.2 Å². The van der Waals surface area contributed by atoms with Gasteiger partial charge in [-0.3, -0.25) is 4.79 Å². The number of carbonyl (C=O) groups is 1. The second kappa shape index (κ2) is 10.8. The Hall–Kier alpha value is -1.12. The third-order valence-corrected chi connectivity index (χ3v) is 2.99. The summed E-state index contributed by atoms with van der Waals surface area (Å²) in [6.45, 7) is 5.30. The number of nitrogens with zero attached hydrogens (tertiary/aromatic N) is 1. The van der Waals surface area contributed by atoms with Gasteiger partial charge in [-0.25, -0.2) is 0 Å². The monoisotopic (exact) mass is 270 g/mol. The van der Waals surface area contributed by atoms with Crippen molar-refractivity contribution < 1.29 is 14.6 Å². The highest BCUT2D eigenvalue weighted by Crippen LogP contribution is 2.29. The molecule has 19 heavy (non-hydrogen) atoms. The molecular formula is C14H26N2O3. The number of nitriles is 1. The van der Waals surface area contributed by atoms with Crippen molar-refractivity contribution in [2.24, 2.45) is 5.41 Å². The van der Waals surface area contributed by atoms with E-state index >= 15 is 0 Å². The van der Waals surface area contributed by atoms with E-state index in [0.29, 0.717) is 39.0 Å². The lowest BCUT2D eigenvalue weighted by atomic mass is 9.80. The Morgan fingerprint density at radius 2 is 1.95 bits per heavy atom. The number of aliphatic hydroxyl groups is 1. The van der Waals surface area contributed by atoms with Crippen molar-refractivity contribution in [1.82, 2.24) is 5.32 Å². The lowest BCUT2D eigenvalue weighted by Crippen LogP contribution is -2.40. The van der Waals surface area contributed by atoms with Gasteiger partial charge in [-0.15, -0.1) is 0 Å². The molecule has 0 heterocycles. The first kappa shape index (κ1) is 17.9. The highest BCUT2D eigenvalue weighted by atomic mass is 16.5. The third-order valence-electron chi connectivity index (χ3n) is 2.99. The number of ether oxygens (including phenoxy) is 1. The van der Waals surface area contributed by atoms with Crippen molar-refractivity contribution in [2.75, 3.05) is 26.4 Å². The van der Waals surface area contributed by atoms with Gasteiger partial charge in [0.2, 0.25) is 5.91 Å². The van der Waals surface area contributed by atoms with Gasteiger partial charge in [-0.05, 0) is 19.3 Å². The van der Waals surface area contributed by atoms with Crippen LogP contribution in [0.2, 0.25) is 0 Å². The Bertz CT molecular complexity index is 281. The molecule has 0 aromatic heterocycles. The summed E-state index contributed by atoms with van der Waals surface area (Å²) in [5, 5.41) is 20.7. The summed E-state index contributed by atoms with van der Waals surface area (Å²) in [6.07, 6.45) is 3.53. The van der Waals surface area contributed by atoms with Crippen molar-refractivity contribution in [3.63, 3.8) is 0 Å². The zero-order chi connectivity index (χ0) is 14.6. The molecule has 0 aromatic carbocycles. The number of nitrogens with one attached hydrogen (secondary N) is 1. The van der Waals surface area contributed by atoms with Gasteiger partial charge in [-0.1, -0.05) is 26.7 Å². The SMILES string of the molecule is CCCC(C#N)(CCC)C(=O)NCCCOCCO. The first-order valence-electron chi connectivity index (χ1n) is 7.05. The van der Waals surface area contributed by atoms with E-state index in [4.69, 9.17) is 9.84 Å². The van der Waals surface area contributed by atoms with E-state index in [1.165, 1.54) is 0 Å². The minimum atomic E-state index is -0.880. The van der Waals surface area contributed by atoms with Gasteiger partial charge in [-0.2, -0.15) is 5.26 Å². The van der Waals surface area contributed by atoms with Gasteiger partial charge in [0.15, 0.2) is 0 Å². The summed E-state index contributed by atoms with van der Waals surface area (Å²) in [4.78, 5) is 12.2. The summed E-state index contributed by atoms with van der Waals surface area (Å²) >= 11 is 0. The zero-order valence-corrected chi connectivity index (χ0v) is 12.1. The first-order valence-corrected chi connectivity index (χ1v) is 7.05. The summed E-state index contributed by atoms with van der Waals surface area (Å²) in [7, 11) is 0. The van der Waals surface area contributed by atoms with Gasteiger partial charge in [0.1, 0.15) is 5.41 Å². The van der Waals surface area contributed by atoms with Crippen LogP contribution in [0.5, 0.6) is 0 Å². The molecule has 0 bridgehead atoms. The van der Waals surface area contributed by atoms with Crippen LogP contribution < -0.4 is 5.32 Å². The number of carbonyl (C=O) groups excluding carboxylic acids is 1. The molecule has 0 atom stereocenters. The Morgan fingerprint density at radius 3 is 2.42 bits per heavy atom. The second-order valence-electron chi connectivity index (χ2n) is 4.64. The Labute approximate surface area is 115 Å². The molecule has 0 aliphatic heterocycles. The molecule has 110 valence electrons. The van der Waals surface area contributed by atoms with E-state index in [1.54, 1.807) is 0 Å². The smallest absolute Gasteiger partial charge is 0.240 e. The van der Waals surface area contributed by atoms with Crippen molar-refractivity contribution in [2.45, 2.75) is 46.0 Å². The first-order chi connectivity index (χ1) is 9.16. The van der Waals surface area contributed by atoms with Gasteiger partial charge >= 0.3 is 0 Å². The molecule has 0 aliphatic carbocycles. The number of rotatable bonds is 11.